The van der Waals surface area contributed by atoms with Crippen molar-refractivity contribution in [2.45, 2.75) is 52.8 Å². The molecule has 1 saturated heterocycles. The molecule has 29 heavy (non-hydrogen) atoms. The molecule has 2 aromatic rings. The second-order valence-corrected chi connectivity index (χ2v) is 7.91. The van der Waals surface area contributed by atoms with Gasteiger partial charge in [0.25, 0.3) is 0 Å². The van der Waals surface area contributed by atoms with Crippen molar-refractivity contribution in [1.29, 1.82) is 5.26 Å². The lowest BCUT2D eigenvalue weighted by molar-refractivity contribution is 0.0240. The summed E-state index contributed by atoms with van der Waals surface area (Å²) in [5.74, 6) is 0.675. The summed E-state index contributed by atoms with van der Waals surface area (Å²) >= 11 is 0. The van der Waals surface area contributed by atoms with Crippen LogP contribution in [-0.4, -0.2) is 61.9 Å². The van der Waals surface area contributed by atoms with Crippen LogP contribution in [0, 0.1) is 11.3 Å². The molecule has 0 bridgehead atoms. The second-order valence-electron chi connectivity index (χ2n) is 7.91. The molecule has 0 radical (unpaired) electrons. The normalized spacial score (nSPS) is 14.9. The van der Waals surface area contributed by atoms with Gasteiger partial charge in [0, 0.05) is 39.3 Å². The lowest BCUT2D eigenvalue weighted by atomic mass is 10.2. The summed E-state index contributed by atoms with van der Waals surface area (Å²) in [5, 5.41) is 8.90. The van der Waals surface area contributed by atoms with Crippen LogP contribution in [0.5, 0.6) is 0 Å². The fourth-order valence-electron chi connectivity index (χ4n) is 3.45. The predicted octanol–water partition coefficient (Wildman–Crippen LogP) is 1.58. The number of nitrogens with zero attached hydrogens (tertiary/aromatic N) is 7. The van der Waals surface area contributed by atoms with Crippen LogP contribution in [0.25, 0.3) is 11.2 Å². The first-order valence-corrected chi connectivity index (χ1v) is 9.80. The van der Waals surface area contributed by atoms with Crippen LogP contribution in [0.1, 0.15) is 34.1 Å². The number of aryl methyl sites for hydroxylation is 2. The smallest absolute Gasteiger partial charge is 0.410 e. The van der Waals surface area contributed by atoms with Gasteiger partial charge in [0.05, 0.1) is 12.5 Å². The number of aromatic nitrogens is 4. The maximum Gasteiger partial charge on any atom is 0.410 e. The van der Waals surface area contributed by atoms with Gasteiger partial charge in [0.15, 0.2) is 11.5 Å². The van der Waals surface area contributed by atoms with Crippen molar-refractivity contribution in [3.05, 3.63) is 16.8 Å². The highest BCUT2D eigenvalue weighted by Crippen LogP contribution is 2.24. The highest BCUT2D eigenvalue weighted by molar-refractivity contribution is 5.84. The Morgan fingerprint density at radius 3 is 2.48 bits per heavy atom. The number of ether oxygens (including phenoxy) is 1. The summed E-state index contributed by atoms with van der Waals surface area (Å²) in [6, 6.07) is 2.07. The molecule has 3 rings (SSSR count). The fourth-order valence-corrected chi connectivity index (χ4v) is 3.45. The van der Waals surface area contributed by atoms with E-state index < -0.39 is 5.60 Å². The Bertz CT molecular complexity index is 988. The molecule has 1 fully saturated rings. The SMILES string of the molecule is CCn1c(=O)n(CCC#N)c2ncnc(N3CCN(C(=O)OC(C)(C)C)CC3)c21. The summed E-state index contributed by atoms with van der Waals surface area (Å²) in [6.07, 6.45) is 1.36. The maximum absolute atomic E-state index is 12.8. The third-order valence-corrected chi connectivity index (χ3v) is 4.77. The van der Waals surface area contributed by atoms with E-state index in [0.29, 0.717) is 56.3 Å². The molecule has 2 aromatic heterocycles. The molecule has 0 atom stereocenters. The Morgan fingerprint density at radius 1 is 1.21 bits per heavy atom. The van der Waals surface area contributed by atoms with Crippen molar-refractivity contribution in [3.8, 4) is 6.07 Å². The zero-order chi connectivity index (χ0) is 21.2. The largest absolute Gasteiger partial charge is 0.444 e. The Balaban J connectivity index is 1.87. The molecule has 1 amide bonds. The Labute approximate surface area is 169 Å². The number of imidazole rings is 1. The molecular weight excluding hydrogens is 374 g/mol. The van der Waals surface area contributed by atoms with E-state index in [-0.39, 0.29) is 18.2 Å². The van der Waals surface area contributed by atoms with Crippen LogP contribution >= 0.6 is 0 Å². The molecule has 10 nitrogen and oxygen atoms in total. The van der Waals surface area contributed by atoms with Gasteiger partial charge in [0.2, 0.25) is 0 Å². The van der Waals surface area contributed by atoms with Crippen LogP contribution < -0.4 is 10.6 Å². The van der Waals surface area contributed by atoms with E-state index in [9.17, 15) is 9.59 Å². The Morgan fingerprint density at radius 2 is 1.90 bits per heavy atom. The average molecular weight is 401 g/mol. The van der Waals surface area contributed by atoms with E-state index in [1.807, 2.05) is 27.7 Å². The molecule has 156 valence electrons. The number of nitriles is 1. The first-order valence-electron chi connectivity index (χ1n) is 9.80. The van der Waals surface area contributed by atoms with E-state index in [4.69, 9.17) is 10.00 Å². The van der Waals surface area contributed by atoms with Crippen LogP contribution in [-0.2, 0) is 17.8 Å². The monoisotopic (exact) mass is 401 g/mol. The molecule has 10 heteroatoms. The zero-order valence-electron chi connectivity index (χ0n) is 17.4. The predicted molar refractivity (Wildman–Crippen MR) is 108 cm³/mol. The number of hydrogen-bond donors (Lipinski definition) is 0. The molecule has 3 heterocycles. The number of rotatable bonds is 4. The van der Waals surface area contributed by atoms with Crippen LogP contribution in [0.3, 0.4) is 0 Å². The lowest BCUT2D eigenvalue weighted by Gasteiger charge is -2.36. The number of amides is 1. The summed E-state index contributed by atoms with van der Waals surface area (Å²) in [7, 11) is 0. The van der Waals surface area contributed by atoms with Crippen LogP contribution in [0.4, 0.5) is 10.6 Å². The summed E-state index contributed by atoms with van der Waals surface area (Å²) < 4.78 is 8.62. The quantitative estimate of drug-likeness (QED) is 0.765. The van der Waals surface area contributed by atoms with Gasteiger partial charge in [-0.1, -0.05) is 0 Å². The molecule has 1 aliphatic heterocycles. The van der Waals surface area contributed by atoms with E-state index in [2.05, 4.69) is 20.9 Å². The van der Waals surface area contributed by atoms with Crippen molar-refractivity contribution in [1.82, 2.24) is 24.0 Å². The minimum absolute atomic E-state index is 0.188. The molecule has 0 aliphatic carbocycles. The van der Waals surface area contributed by atoms with Gasteiger partial charge in [-0.3, -0.25) is 9.13 Å². The second kappa shape index (κ2) is 8.11. The van der Waals surface area contributed by atoms with Gasteiger partial charge in [-0.15, -0.1) is 0 Å². The van der Waals surface area contributed by atoms with Crippen molar-refractivity contribution in [2.75, 3.05) is 31.1 Å². The minimum Gasteiger partial charge on any atom is -0.444 e. The van der Waals surface area contributed by atoms with E-state index in [0.717, 1.165) is 0 Å². The fraction of sp³-hybridized carbons (Fsp3) is 0.632. The minimum atomic E-state index is -0.531. The molecule has 0 aromatic carbocycles. The van der Waals surface area contributed by atoms with Gasteiger partial charge in [-0.05, 0) is 27.7 Å². The molecule has 0 unspecified atom stereocenters. The average Bonchev–Trinajstić information content (AvgIpc) is 2.95. The van der Waals surface area contributed by atoms with Crippen LogP contribution in [0.15, 0.2) is 11.1 Å². The van der Waals surface area contributed by atoms with Gasteiger partial charge in [-0.25, -0.2) is 19.6 Å². The van der Waals surface area contributed by atoms with Crippen molar-refractivity contribution in [2.24, 2.45) is 0 Å². The van der Waals surface area contributed by atoms with Gasteiger partial charge in [0.1, 0.15) is 17.4 Å². The molecule has 1 aliphatic rings. The standard InChI is InChI=1S/C19H27N7O3/c1-5-25-14-15(21-13-22-16(14)26(17(25)27)8-6-7-20)23-9-11-24(12-10-23)18(28)29-19(2,3)4/h13H,5-6,8-12H2,1-4H3. The summed E-state index contributed by atoms with van der Waals surface area (Å²) in [4.78, 5) is 37.6. The van der Waals surface area contributed by atoms with Crippen molar-refractivity contribution in [3.63, 3.8) is 0 Å². The number of piperazine rings is 1. The summed E-state index contributed by atoms with van der Waals surface area (Å²) in [6.45, 7) is 10.4. The Hall–Kier alpha value is -3.09. The number of carbonyl (C=O) groups excluding carboxylic acids is 1. The van der Waals surface area contributed by atoms with E-state index >= 15 is 0 Å². The van der Waals surface area contributed by atoms with E-state index in [1.165, 1.54) is 10.9 Å². The molecule has 0 spiro atoms. The zero-order valence-corrected chi connectivity index (χ0v) is 17.4. The van der Waals surface area contributed by atoms with E-state index in [1.54, 1.807) is 9.47 Å². The number of hydrogen-bond acceptors (Lipinski definition) is 7. The molecule has 0 saturated carbocycles. The highest BCUT2D eigenvalue weighted by atomic mass is 16.6. The van der Waals surface area contributed by atoms with Gasteiger partial charge < -0.3 is 14.5 Å². The molecular formula is C19H27N7O3. The lowest BCUT2D eigenvalue weighted by Crippen LogP contribution is -2.50. The third-order valence-electron chi connectivity index (χ3n) is 4.77. The number of anilines is 1. The van der Waals surface area contributed by atoms with Crippen molar-refractivity contribution >= 4 is 23.1 Å². The maximum atomic E-state index is 12.8. The first-order chi connectivity index (χ1) is 13.8. The van der Waals surface area contributed by atoms with Crippen molar-refractivity contribution < 1.29 is 9.53 Å². The highest BCUT2D eigenvalue weighted by Gasteiger charge is 2.28. The third kappa shape index (κ3) is 4.18. The van der Waals surface area contributed by atoms with Gasteiger partial charge in [-0.2, -0.15) is 5.26 Å². The number of fused-ring (bicyclic) bond motifs is 1. The Kier molecular flexibility index (Phi) is 5.77. The van der Waals surface area contributed by atoms with Crippen LogP contribution in [0.2, 0.25) is 0 Å². The summed E-state index contributed by atoms with van der Waals surface area (Å²) in [5.41, 5.74) is 0.485. The number of carbonyl (C=O) groups is 1. The van der Waals surface area contributed by atoms with Gasteiger partial charge >= 0.3 is 11.8 Å². The first kappa shape index (κ1) is 20.6. The topological polar surface area (TPSA) is 109 Å². The molecule has 0 N–H and O–H groups in total.